The Morgan fingerprint density at radius 3 is 2.07 bits per heavy atom. The van der Waals surface area contributed by atoms with E-state index in [9.17, 15) is 9.90 Å². The number of carbonyl (C=O) groups excluding carboxylic acids is 1. The molecule has 27 heavy (non-hydrogen) atoms. The van der Waals surface area contributed by atoms with Gasteiger partial charge in [0.25, 0.3) is 0 Å². The third kappa shape index (κ3) is 7.25. The van der Waals surface area contributed by atoms with Gasteiger partial charge in [-0.05, 0) is 0 Å². The van der Waals surface area contributed by atoms with Gasteiger partial charge in [-0.15, -0.1) is 20.3 Å². The number of hydrogen-bond donors (Lipinski definition) is 3. The van der Waals surface area contributed by atoms with Crippen molar-refractivity contribution >= 4 is 22.5 Å². The molecule has 5 nitrogen and oxygen atoms in total. The summed E-state index contributed by atoms with van der Waals surface area (Å²) in [5, 5.41) is 27.0. The molecule has 0 aromatic carbocycles. The molecule has 1 saturated heterocycles. The van der Waals surface area contributed by atoms with Crippen LogP contribution in [0.3, 0.4) is 0 Å². The topological polar surface area (TPSA) is 87.0 Å². The number of hydrogen-bond acceptors (Lipinski definition) is 5. The van der Waals surface area contributed by atoms with Crippen LogP contribution in [0.1, 0.15) is 41.0 Å². The summed E-state index contributed by atoms with van der Waals surface area (Å²) < 4.78 is 2.72. The number of aliphatic hydroxyl groups excluding tert-OH is 2. The number of esters is 1. The second kappa shape index (κ2) is 11.7. The van der Waals surface area contributed by atoms with Crippen LogP contribution in [-0.4, -0.2) is 61.1 Å². The van der Waals surface area contributed by atoms with E-state index in [0.717, 1.165) is 6.42 Å². The van der Waals surface area contributed by atoms with Crippen LogP contribution < -0.4 is 0 Å². The molecule has 0 bridgehead atoms. The Hall–Kier alpha value is -0.264. The molecular weight excluding hydrogens is 484 g/mol. The van der Waals surface area contributed by atoms with Crippen molar-refractivity contribution in [3.8, 4) is 0 Å². The number of aliphatic hydroxyl groups is 3. The van der Waals surface area contributed by atoms with E-state index in [4.69, 9.17) is 10.2 Å². The van der Waals surface area contributed by atoms with Gasteiger partial charge in [0, 0.05) is 0 Å². The van der Waals surface area contributed by atoms with Crippen LogP contribution in [-0.2, 0) is 35.7 Å². The third-order valence-electron chi connectivity index (χ3n) is 4.74. The van der Waals surface area contributed by atoms with E-state index >= 15 is 0 Å². The van der Waals surface area contributed by atoms with Crippen LogP contribution in [0.5, 0.6) is 0 Å². The van der Waals surface area contributed by atoms with Crippen molar-refractivity contribution in [3.05, 3.63) is 46.6 Å². The standard InChI is InChI=1S/C9H13.C6H7.C5H9GeO5.Zr/c1-6-5-7(2)9(4)8(6)3;1-6-4-2-3-5-6;6-5(10)3(8)2(1-7)11-4(5)9;/h6H,1-4H3;4-5H,2H2,1H3;2-3,7-8,10H,1,6H2;/q2*-1;;+2/t;;2-,3+,5+;/m..1./s1. The first-order valence-electron chi connectivity index (χ1n) is 8.61. The van der Waals surface area contributed by atoms with Gasteiger partial charge >= 0.3 is 96.8 Å². The average Bonchev–Trinajstić information content (AvgIpc) is 3.21. The van der Waals surface area contributed by atoms with Gasteiger partial charge in [-0.25, -0.2) is 17.2 Å². The number of carbonyl (C=O) groups is 1. The fourth-order valence-electron chi connectivity index (χ4n) is 2.53. The van der Waals surface area contributed by atoms with Gasteiger partial charge < -0.3 is 0 Å². The Bertz CT molecular complexity index is 646. The summed E-state index contributed by atoms with van der Waals surface area (Å²) in [6, 6.07) is 0. The van der Waals surface area contributed by atoms with Gasteiger partial charge in [-0.2, -0.15) is 17.2 Å². The maximum absolute atomic E-state index is 10.8. The number of cyclic esters (lactones) is 1. The Morgan fingerprint density at radius 1 is 1.33 bits per heavy atom. The summed E-state index contributed by atoms with van der Waals surface area (Å²) in [6.45, 7) is 10.3. The van der Waals surface area contributed by atoms with Crippen molar-refractivity contribution in [2.24, 2.45) is 5.92 Å². The van der Waals surface area contributed by atoms with Crippen molar-refractivity contribution in [3.63, 3.8) is 0 Å². The average molecular weight is 513 g/mol. The van der Waals surface area contributed by atoms with Crippen LogP contribution in [0.15, 0.2) is 34.4 Å². The van der Waals surface area contributed by atoms with Gasteiger partial charge in [0.2, 0.25) is 0 Å². The maximum atomic E-state index is 10.8. The molecule has 2 aliphatic carbocycles. The van der Waals surface area contributed by atoms with Gasteiger partial charge in [-0.3, -0.25) is 12.2 Å². The van der Waals surface area contributed by atoms with Crippen LogP contribution in [0.25, 0.3) is 0 Å². The van der Waals surface area contributed by atoms with Crippen LogP contribution in [0.2, 0.25) is 0 Å². The summed E-state index contributed by atoms with van der Waals surface area (Å²) in [7, 11) is 0. The molecule has 1 fully saturated rings. The fourth-order valence-corrected chi connectivity index (χ4v) is 3.26. The Kier molecular flexibility index (Phi) is 11.6. The van der Waals surface area contributed by atoms with Gasteiger partial charge in [0.05, 0.1) is 0 Å². The van der Waals surface area contributed by atoms with E-state index in [1.807, 2.05) is 6.08 Å². The Morgan fingerprint density at radius 2 is 1.93 bits per heavy atom. The first-order chi connectivity index (χ1) is 12.0. The SMILES string of the molecule is CC1=CC[C-]=C1.CC1=[C-]C(C)C(C)=C1C.O=C1O[C@H](CO)[C@H](O)[C@@]1(O)[GeH2].[Zr+2]. The van der Waals surface area contributed by atoms with E-state index in [0.29, 0.717) is 5.92 Å². The van der Waals surface area contributed by atoms with E-state index < -0.39 is 29.2 Å². The molecule has 3 rings (SSSR count). The van der Waals surface area contributed by atoms with Gasteiger partial charge in [0.1, 0.15) is 0 Å². The monoisotopic (exact) mass is 513 g/mol. The second-order valence-electron chi connectivity index (χ2n) is 6.80. The Labute approximate surface area is 189 Å². The molecule has 1 radical (unpaired) electrons. The summed E-state index contributed by atoms with van der Waals surface area (Å²) in [6.07, 6.45) is 9.34. The molecule has 7 heteroatoms. The molecule has 1 aliphatic heterocycles. The first kappa shape index (κ1) is 26.7. The largest absolute Gasteiger partial charge is 2.00 e. The predicted octanol–water partition coefficient (Wildman–Crippen LogP) is 1.00. The molecule has 147 valence electrons. The Balaban J connectivity index is 0.000000383. The molecule has 3 aliphatic rings. The minimum atomic E-state index is -1.76. The smallest absolute Gasteiger partial charge is 2.00 e. The van der Waals surface area contributed by atoms with Crippen LogP contribution in [0.4, 0.5) is 0 Å². The third-order valence-corrected chi connectivity index (χ3v) is 6.22. The molecule has 3 N–H and O–H groups in total. The minimum Gasteiger partial charge on any atom is 2.00 e. The van der Waals surface area contributed by atoms with Crippen molar-refractivity contribution in [1.29, 1.82) is 0 Å². The van der Waals surface area contributed by atoms with Gasteiger partial charge in [-0.1, -0.05) is 26.7 Å². The zero-order chi connectivity index (χ0) is 20.1. The van der Waals surface area contributed by atoms with Crippen LogP contribution >= 0.6 is 0 Å². The van der Waals surface area contributed by atoms with Gasteiger partial charge in [0.15, 0.2) is 0 Å². The van der Waals surface area contributed by atoms with Crippen molar-refractivity contribution in [1.82, 2.24) is 0 Å². The van der Waals surface area contributed by atoms with E-state index in [1.165, 1.54) is 22.3 Å². The second-order valence-corrected chi connectivity index (χ2v) is 9.06. The van der Waals surface area contributed by atoms with Crippen molar-refractivity contribution in [2.45, 2.75) is 57.7 Å². The van der Waals surface area contributed by atoms with Crippen LogP contribution in [0, 0.1) is 18.1 Å². The molecular formula is C20H29GeO5Zr. The number of allylic oxidation sites excluding steroid dienone is 8. The molecule has 0 saturated carbocycles. The fraction of sp³-hybridized carbons (Fsp3) is 0.550. The zero-order valence-electron chi connectivity index (χ0n) is 16.7. The molecule has 1 unspecified atom stereocenters. The first-order valence-corrected chi connectivity index (χ1v) is 10.1. The molecule has 4 atom stereocenters. The predicted molar refractivity (Wildman–Crippen MR) is 103 cm³/mol. The maximum Gasteiger partial charge on any atom is 2.00 e. The van der Waals surface area contributed by atoms with Crippen molar-refractivity contribution in [2.75, 3.05) is 6.61 Å². The summed E-state index contributed by atoms with van der Waals surface area (Å²) in [5.41, 5.74) is 5.59. The molecule has 0 spiro atoms. The summed E-state index contributed by atoms with van der Waals surface area (Å²) in [4.78, 5) is 10.8. The van der Waals surface area contributed by atoms with E-state index in [-0.39, 0.29) is 42.7 Å². The zero-order valence-corrected chi connectivity index (χ0v) is 22.1. The van der Waals surface area contributed by atoms with E-state index in [2.05, 4.69) is 57.6 Å². The van der Waals surface area contributed by atoms with Crippen molar-refractivity contribution < 1.29 is 51.1 Å². The summed E-state index contributed by atoms with van der Waals surface area (Å²) in [5.74, 6) is -0.283. The quantitative estimate of drug-likeness (QED) is 0.277. The number of ether oxygens (including phenoxy) is 1. The normalized spacial score (nSPS) is 31.1. The molecule has 0 aromatic rings. The minimum absolute atomic E-state index is 0. The summed E-state index contributed by atoms with van der Waals surface area (Å²) >= 11 is 0.198. The molecule has 0 amide bonds. The molecule has 1 heterocycles. The number of rotatable bonds is 1. The molecule has 0 aromatic heterocycles. The van der Waals surface area contributed by atoms with E-state index in [1.54, 1.807) is 0 Å².